The molecule has 1 aromatic rings. The summed E-state index contributed by atoms with van der Waals surface area (Å²) >= 11 is 3.31. The molecule has 0 N–H and O–H groups in total. The fraction of sp³-hybridized carbons (Fsp3) is 0.455. The van der Waals surface area contributed by atoms with Crippen LogP contribution < -0.4 is 0 Å². The minimum atomic E-state index is -2.46. The van der Waals surface area contributed by atoms with Crippen LogP contribution in [0.25, 0.3) is 0 Å². The summed E-state index contributed by atoms with van der Waals surface area (Å²) in [5.41, 5.74) is 0.307. The van der Waals surface area contributed by atoms with Gasteiger partial charge in [0.05, 0.1) is 6.61 Å². The molecule has 1 saturated heterocycles. The van der Waals surface area contributed by atoms with Crippen LogP contribution in [-0.4, -0.2) is 13.0 Å². The van der Waals surface area contributed by atoms with Crippen LogP contribution in [0.5, 0.6) is 0 Å². The number of hydrogen-bond donors (Lipinski definition) is 0. The fourth-order valence-corrected chi connectivity index (χ4v) is 2.10. The van der Waals surface area contributed by atoms with E-state index in [1.165, 1.54) is 0 Å². The van der Waals surface area contributed by atoms with Gasteiger partial charge < -0.3 is 4.74 Å². The Labute approximate surface area is 95.6 Å². The molecule has 0 radical (unpaired) electrons. The normalized spacial score (nSPS) is 25.3. The molecular formula is C11H11BrF2O. The molecular weight excluding hydrogens is 266 g/mol. The Bertz CT molecular complexity index is 333. The van der Waals surface area contributed by atoms with Gasteiger partial charge in [-0.3, -0.25) is 0 Å². The molecule has 1 aromatic carbocycles. The lowest BCUT2D eigenvalue weighted by atomic mass is 9.86. The molecule has 0 aliphatic carbocycles. The lowest BCUT2D eigenvalue weighted by molar-refractivity contribution is -0.225. The third kappa shape index (κ3) is 1.81. The van der Waals surface area contributed by atoms with Gasteiger partial charge in [-0.2, -0.15) is 0 Å². The predicted molar refractivity (Wildman–Crippen MR) is 57.3 cm³/mol. The Balaban J connectivity index is 2.27. The smallest absolute Gasteiger partial charge is 0.271 e. The zero-order valence-electron chi connectivity index (χ0n) is 8.05. The number of benzene rings is 1. The second-order valence-electron chi connectivity index (χ2n) is 3.62. The van der Waals surface area contributed by atoms with Gasteiger partial charge in [0.2, 0.25) is 0 Å². The van der Waals surface area contributed by atoms with Crippen molar-refractivity contribution >= 4 is 15.9 Å². The average Bonchev–Trinajstić information content (AvgIpc) is 2.16. The van der Waals surface area contributed by atoms with E-state index in [9.17, 15) is 8.78 Å². The van der Waals surface area contributed by atoms with E-state index in [4.69, 9.17) is 4.74 Å². The molecule has 1 aliphatic rings. The fourth-order valence-electron chi connectivity index (χ4n) is 1.72. The van der Waals surface area contributed by atoms with E-state index in [1.807, 2.05) is 12.1 Å². The van der Waals surface area contributed by atoms with E-state index < -0.39 is 12.0 Å². The topological polar surface area (TPSA) is 9.23 Å². The molecule has 15 heavy (non-hydrogen) atoms. The first-order chi connectivity index (χ1) is 7.19. The third-order valence-electron chi connectivity index (χ3n) is 2.78. The SMILES string of the molecule is FC(F)C1(c2ccc(CBr)cc2)CCO1. The first kappa shape index (κ1) is 11.0. The van der Waals surface area contributed by atoms with Crippen LogP contribution in [0.4, 0.5) is 8.78 Å². The Kier molecular flexibility index (Phi) is 3.07. The second-order valence-corrected chi connectivity index (χ2v) is 4.18. The van der Waals surface area contributed by atoms with Gasteiger partial charge in [0.1, 0.15) is 0 Å². The van der Waals surface area contributed by atoms with Crippen LogP contribution in [0.3, 0.4) is 0 Å². The van der Waals surface area contributed by atoms with E-state index >= 15 is 0 Å². The Morgan fingerprint density at radius 1 is 1.33 bits per heavy atom. The van der Waals surface area contributed by atoms with E-state index in [-0.39, 0.29) is 0 Å². The van der Waals surface area contributed by atoms with Gasteiger partial charge in [-0.15, -0.1) is 0 Å². The van der Waals surface area contributed by atoms with E-state index in [2.05, 4.69) is 15.9 Å². The molecule has 2 rings (SSSR count). The molecule has 1 atom stereocenters. The molecule has 0 amide bonds. The van der Waals surface area contributed by atoms with E-state index in [0.29, 0.717) is 18.6 Å². The van der Waals surface area contributed by atoms with Crippen LogP contribution in [0.2, 0.25) is 0 Å². The number of ether oxygens (including phenoxy) is 1. The minimum absolute atomic E-state index is 0.401. The first-order valence-electron chi connectivity index (χ1n) is 4.76. The summed E-state index contributed by atoms with van der Waals surface area (Å²) in [6, 6.07) is 7.13. The Morgan fingerprint density at radius 2 is 1.93 bits per heavy atom. The minimum Gasteiger partial charge on any atom is -0.364 e. The maximum Gasteiger partial charge on any atom is 0.271 e. The predicted octanol–water partition coefficient (Wildman–Crippen LogP) is 3.46. The zero-order chi connectivity index (χ0) is 10.9. The maximum atomic E-state index is 12.9. The van der Waals surface area contributed by atoms with Crippen molar-refractivity contribution < 1.29 is 13.5 Å². The van der Waals surface area contributed by atoms with Crippen molar-refractivity contribution in [2.75, 3.05) is 6.61 Å². The third-order valence-corrected chi connectivity index (χ3v) is 3.43. The molecule has 0 aromatic heterocycles. The molecule has 82 valence electrons. The van der Waals surface area contributed by atoms with E-state index in [1.54, 1.807) is 12.1 Å². The van der Waals surface area contributed by atoms with Gasteiger partial charge in [-0.1, -0.05) is 40.2 Å². The molecule has 0 saturated carbocycles. The van der Waals surface area contributed by atoms with Gasteiger partial charge in [0.25, 0.3) is 6.43 Å². The Morgan fingerprint density at radius 3 is 2.27 bits per heavy atom. The standard InChI is InChI=1S/C11H11BrF2O/c12-7-8-1-3-9(4-2-8)11(10(13)14)5-6-15-11/h1-4,10H,5-7H2. The zero-order valence-corrected chi connectivity index (χ0v) is 9.64. The van der Waals surface area contributed by atoms with Crippen molar-refractivity contribution in [3.63, 3.8) is 0 Å². The Hall–Kier alpha value is -0.480. The van der Waals surface area contributed by atoms with Crippen LogP contribution in [0, 0.1) is 0 Å². The van der Waals surface area contributed by atoms with Crippen LogP contribution in [0.1, 0.15) is 17.5 Å². The average molecular weight is 277 g/mol. The van der Waals surface area contributed by atoms with Gasteiger partial charge in [0, 0.05) is 11.8 Å². The van der Waals surface area contributed by atoms with Gasteiger partial charge in [-0.25, -0.2) is 8.78 Å². The van der Waals surface area contributed by atoms with Crippen molar-refractivity contribution in [1.82, 2.24) is 0 Å². The summed E-state index contributed by atoms with van der Waals surface area (Å²) in [6.07, 6.45) is -2.06. The lowest BCUT2D eigenvalue weighted by Gasteiger charge is -2.41. The molecule has 1 heterocycles. The van der Waals surface area contributed by atoms with Crippen LogP contribution >= 0.6 is 15.9 Å². The molecule has 1 fully saturated rings. The second kappa shape index (κ2) is 4.18. The first-order valence-corrected chi connectivity index (χ1v) is 5.89. The summed E-state index contributed by atoms with van der Waals surface area (Å²) in [5, 5.41) is 0.732. The molecule has 4 heteroatoms. The van der Waals surface area contributed by atoms with Crippen molar-refractivity contribution in [3.05, 3.63) is 35.4 Å². The highest BCUT2D eigenvalue weighted by Crippen LogP contribution is 2.42. The maximum absolute atomic E-state index is 12.9. The van der Waals surface area contributed by atoms with Gasteiger partial charge >= 0.3 is 0 Å². The number of halogens is 3. The molecule has 1 unspecified atom stereocenters. The highest BCUT2D eigenvalue weighted by Gasteiger charge is 2.48. The van der Waals surface area contributed by atoms with Crippen LogP contribution in [0.15, 0.2) is 24.3 Å². The summed E-state index contributed by atoms with van der Waals surface area (Å²) in [4.78, 5) is 0. The number of rotatable bonds is 3. The summed E-state index contributed by atoms with van der Waals surface area (Å²) < 4.78 is 30.8. The molecule has 1 nitrogen and oxygen atoms in total. The van der Waals surface area contributed by atoms with Crippen molar-refractivity contribution in [1.29, 1.82) is 0 Å². The van der Waals surface area contributed by atoms with Crippen molar-refractivity contribution in [2.45, 2.75) is 23.8 Å². The summed E-state index contributed by atoms with van der Waals surface area (Å²) in [6.45, 7) is 0.421. The summed E-state index contributed by atoms with van der Waals surface area (Å²) in [7, 11) is 0. The van der Waals surface area contributed by atoms with Crippen molar-refractivity contribution in [2.24, 2.45) is 0 Å². The highest BCUT2D eigenvalue weighted by molar-refractivity contribution is 9.08. The van der Waals surface area contributed by atoms with E-state index in [0.717, 1.165) is 10.9 Å². The molecule has 0 bridgehead atoms. The van der Waals surface area contributed by atoms with Crippen LogP contribution in [-0.2, 0) is 15.7 Å². The van der Waals surface area contributed by atoms with Gasteiger partial charge in [-0.05, 0) is 11.1 Å². The van der Waals surface area contributed by atoms with Crippen molar-refractivity contribution in [3.8, 4) is 0 Å². The van der Waals surface area contributed by atoms with Gasteiger partial charge in [0.15, 0.2) is 5.60 Å². The highest BCUT2D eigenvalue weighted by atomic mass is 79.9. The summed E-state index contributed by atoms with van der Waals surface area (Å²) in [5.74, 6) is 0. The molecule has 1 aliphatic heterocycles. The largest absolute Gasteiger partial charge is 0.364 e. The number of alkyl halides is 3. The quantitative estimate of drug-likeness (QED) is 0.769. The monoisotopic (exact) mass is 276 g/mol. The number of hydrogen-bond acceptors (Lipinski definition) is 1. The molecule has 0 spiro atoms. The lowest BCUT2D eigenvalue weighted by Crippen LogP contribution is -2.47.